The predicted octanol–water partition coefficient (Wildman–Crippen LogP) is 4.47. The van der Waals surface area contributed by atoms with Crippen LogP contribution >= 0.6 is 0 Å². The van der Waals surface area contributed by atoms with Crippen molar-refractivity contribution in [3.63, 3.8) is 0 Å². The molecule has 0 radical (unpaired) electrons. The maximum Gasteiger partial charge on any atom is 0.333 e. The fourth-order valence-electron chi connectivity index (χ4n) is 3.09. The normalized spacial score (nSPS) is 13.1. The van der Waals surface area contributed by atoms with E-state index in [0.717, 1.165) is 5.56 Å². The first kappa shape index (κ1) is 26.0. The Morgan fingerprint density at radius 1 is 1.12 bits per heavy atom. The summed E-state index contributed by atoms with van der Waals surface area (Å²) in [6, 6.07) is 12.5. The molecule has 33 heavy (non-hydrogen) atoms. The Morgan fingerprint density at radius 3 is 2.27 bits per heavy atom. The first-order valence-corrected chi connectivity index (χ1v) is 10.6. The highest BCUT2D eigenvalue weighted by molar-refractivity contribution is 5.80. The lowest BCUT2D eigenvalue weighted by atomic mass is 10.0. The van der Waals surface area contributed by atoms with Crippen molar-refractivity contribution in [2.75, 3.05) is 6.61 Å². The van der Waals surface area contributed by atoms with Gasteiger partial charge in [0.2, 0.25) is 0 Å². The summed E-state index contributed by atoms with van der Waals surface area (Å²) in [4.78, 5) is 23.5. The van der Waals surface area contributed by atoms with Crippen molar-refractivity contribution in [3.8, 4) is 5.75 Å². The van der Waals surface area contributed by atoms with Crippen molar-refractivity contribution in [2.45, 2.75) is 51.4 Å². The number of rotatable bonds is 13. The Balaban J connectivity index is 1.86. The van der Waals surface area contributed by atoms with Gasteiger partial charge in [-0.3, -0.25) is 4.79 Å². The van der Waals surface area contributed by atoms with E-state index < -0.39 is 30.5 Å². The van der Waals surface area contributed by atoms with Gasteiger partial charge in [-0.25, -0.2) is 13.6 Å². The average molecular weight is 462 g/mol. The van der Waals surface area contributed by atoms with E-state index in [1.165, 1.54) is 18.2 Å². The zero-order valence-corrected chi connectivity index (χ0v) is 18.7. The van der Waals surface area contributed by atoms with E-state index >= 15 is 0 Å². The van der Waals surface area contributed by atoms with Crippen LogP contribution in [0.5, 0.6) is 5.75 Å². The molecular formula is C25H29F2NO5. The largest absolute Gasteiger partial charge is 0.481 e. The molecule has 0 aromatic heterocycles. The minimum atomic E-state index is -2.97. The van der Waals surface area contributed by atoms with Gasteiger partial charge < -0.3 is 19.9 Å². The summed E-state index contributed by atoms with van der Waals surface area (Å²) in [6.45, 7) is 7.15. The number of benzene rings is 2. The number of nitrogens with one attached hydrogen (secondary N) is 1. The maximum atomic E-state index is 13.9. The first-order chi connectivity index (χ1) is 15.7. The lowest BCUT2D eigenvalue weighted by Crippen LogP contribution is -2.35. The molecule has 0 fully saturated rings. The molecule has 0 heterocycles. The van der Waals surface area contributed by atoms with Crippen molar-refractivity contribution in [3.05, 3.63) is 77.9 Å². The molecule has 2 rings (SSSR count). The SMILES string of the molecule is C=CCC(F)(F)c1ccc(CNC(=O)[C@@H](C)Oc2ccc(C[C@H](OCC)C(=O)O)cc2)cc1. The van der Waals surface area contributed by atoms with Crippen molar-refractivity contribution in [1.82, 2.24) is 5.32 Å². The van der Waals surface area contributed by atoms with E-state index in [2.05, 4.69) is 11.9 Å². The lowest BCUT2D eigenvalue weighted by Gasteiger charge is -2.17. The van der Waals surface area contributed by atoms with Crippen molar-refractivity contribution < 1.29 is 33.0 Å². The van der Waals surface area contributed by atoms with Crippen molar-refractivity contribution in [2.24, 2.45) is 0 Å². The van der Waals surface area contributed by atoms with Crippen LogP contribution in [-0.2, 0) is 33.2 Å². The molecule has 2 aromatic rings. The van der Waals surface area contributed by atoms with E-state index in [-0.39, 0.29) is 24.4 Å². The molecule has 0 aliphatic heterocycles. The summed E-state index contributed by atoms with van der Waals surface area (Å²) in [5.41, 5.74) is 1.34. The van der Waals surface area contributed by atoms with Crippen LogP contribution in [0.25, 0.3) is 0 Å². The fourth-order valence-corrected chi connectivity index (χ4v) is 3.09. The molecule has 0 unspecified atom stereocenters. The number of carbonyl (C=O) groups is 2. The van der Waals surface area contributed by atoms with Gasteiger partial charge in [-0.2, -0.15) is 0 Å². The second kappa shape index (κ2) is 12.1. The number of halogens is 2. The third-order valence-corrected chi connectivity index (χ3v) is 4.91. The standard InChI is InChI=1S/C25H29F2NO5/c1-4-14-25(26,27)20-10-6-19(7-11-20)16-28-23(29)17(3)33-21-12-8-18(9-13-21)15-22(24(30)31)32-5-2/h4,6-13,17,22H,1,5,14-16H2,2-3H3,(H,28,29)(H,30,31)/t17-,22+/m1/s1. The number of hydrogen-bond acceptors (Lipinski definition) is 4. The molecular weight excluding hydrogens is 432 g/mol. The number of carboxylic acids is 1. The summed E-state index contributed by atoms with van der Waals surface area (Å²) >= 11 is 0. The van der Waals surface area contributed by atoms with E-state index in [4.69, 9.17) is 9.47 Å². The Labute approximate surface area is 192 Å². The Kier molecular flexibility index (Phi) is 9.54. The summed E-state index contributed by atoms with van der Waals surface area (Å²) < 4.78 is 38.6. The number of amides is 1. The third-order valence-electron chi connectivity index (χ3n) is 4.91. The highest BCUT2D eigenvalue weighted by Crippen LogP contribution is 2.31. The van der Waals surface area contributed by atoms with Gasteiger partial charge in [-0.1, -0.05) is 42.5 Å². The topological polar surface area (TPSA) is 84.9 Å². The molecule has 0 aliphatic rings. The summed E-state index contributed by atoms with van der Waals surface area (Å²) in [6.07, 6.45) is -0.754. The molecule has 2 atom stereocenters. The summed E-state index contributed by atoms with van der Waals surface area (Å²) in [5, 5.41) is 11.9. The molecule has 1 amide bonds. The van der Waals surface area contributed by atoms with Crippen LogP contribution < -0.4 is 10.1 Å². The second-order valence-electron chi connectivity index (χ2n) is 7.50. The number of alkyl halides is 2. The van der Waals surface area contributed by atoms with Gasteiger partial charge in [0.15, 0.2) is 12.2 Å². The monoisotopic (exact) mass is 461 g/mol. The molecule has 8 heteroatoms. The molecule has 0 aliphatic carbocycles. The molecule has 0 saturated heterocycles. The number of carbonyl (C=O) groups excluding carboxylic acids is 1. The average Bonchev–Trinajstić information content (AvgIpc) is 2.78. The minimum Gasteiger partial charge on any atom is -0.481 e. The van der Waals surface area contributed by atoms with Crippen LogP contribution in [0.15, 0.2) is 61.2 Å². The lowest BCUT2D eigenvalue weighted by molar-refractivity contribution is -0.150. The Bertz CT molecular complexity index is 929. The number of aliphatic carboxylic acids is 1. The van der Waals surface area contributed by atoms with Gasteiger partial charge in [0.1, 0.15) is 5.75 Å². The van der Waals surface area contributed by atoms with E-state index in [0.29, 0.717) is 17.9 Å². The van der Waals surface area contributed by atoms with Crippen LogP contribution in [-0.4, -0.2) is 35.8 Å². The molecule has 6 nitrogen and oxygen atoms in total. The van der Waals surface area contributed by atoms with Crippen molar-refractivity contribution in [1.29, 1.82) is 0 Å². The Morgan fingerprint density at radius 2 is 1.73 bits per heavy atom. The second-order valence-corrected chi connectivity index (χ2v) is 7.50. The number of carboxylic acid groups (broad SMARTS) is 1. The van der Waals surface area contributed by atoms with Crippen LogP contribution in [0.1, 0.15) is 37.0 Å². The van der Waals surface area contributed by atoms with Gasteiger partial charge in [0.25, 0.3) is 11.8 Å². The molecule has 0 spiro atoms. The van der Waals surface area contributed by atoms with E-state index in [1.54, 1.807) is 50.2 Å². The third kappa shape index (κ3) is 7.98. The minimum absolute atomic E-state index is 0.103. The number of ether oxygens (including phenoxy) is 2. The molecule has 178 valence electrons. The first-order valence-electron chi connectivity index (χ1n) is 10.6. The van der Waals surface area contributed by atoms with Gasteiger partial charge in [0, 0.05) is 31.6 Å². The fraction of sp³-hybridized carbons (Fsp3) is 0.360. The zero-order valence-electron chi connectivity index (χ0n) is 18.7. The molecule has 2 aromatic carbocycles. The predicted molar refractivity (Wildman–Crippen MR) is 120 cm³/mol. The highest BCUT2D eigenvalue weighted by Gasteiger charge is 2.29. The van der Waals surface area contributed by atoms with Crippen LogP contribution in [0.2, 0.25) is 0 Å². The zero-order chi connectivity index (χ0) is 24.4. The Hall–Kier alpha value is -3.26. The van der Waals surface area contributed by atoms with Crippen LogP contribution in [0, 0.1) is 0 Å². The number of allylic oxidation sites excluding steroid dienone is 1. The van der Waals surface area contributed by atoms with Gasteiger partial charge in [0.05, 0.1) is 0 Å². The summed E-state index contributed by atoms with van der Waals surface area (Å²) in [7, 11) is 0. The molecule has 0 saturated carbocycles. The molecule has 0 bridgehead atoms. The van der Waals surface area contributed by atoms with Gasteiger partial charge >= 0.3 is 5.97 Å². The smallest absolute Gasteiger partial charge is 0.333 e. The van der Waals surface area contributed by atoms with Crippen LogP contribution in [0.4, 0.5) is 8.78 Å². The quantitative estimate of drug-likeness (QED) is 0.430. The summed E-state index contributed by atoms with van der Waals surface area (Å²) in [5.74, 6) is -3.90. The van der Waals surface area contributed by atoms with Crippen molar-refractivity contribution >= 4 is 11.9 Å². The van der Waals surface area contributed by atoms with E-state index in [9.17, 15) is 23.5 Å². The van der Waals surface area contributed by atoms with E-state index in [1.807, 2.05) is 0 Å². The number of hydrogen-bond donors (Lipinski definition) is 2. The highest BCUT2D eigenvalue weighted by atomic mass is 19.3. The van der Waals surface area contributed by atoms with Gasteiger partial charge in [-0.05, 0) is 37.1 Å². The van der Waals surface area contributed by atoms with Gasteiger partial charge in [-0.15, -0.1) is 6.58 Å². The van der Waals surface area contributed by atoms with Crippen LogP contribution in [0.3, 0.4) is 0 Å². The maximum absolute atomic E-state index is 13.9. The molecule has 2 N–H and O–H groups in total.